The van der Waals surface area contributed by atoms with Gasteiger partial charge in [0.2, 0.25) is 0 Å². The Bertz CT molecular complexity index is 412. The number of carbonyl (C=O) groups excluding carboxylic acids is 2. The van der Waals surface area contributed by atoms with Crippen molar-refractivity contribution in [3.05, 3.63) is 23.3 Å². The molecule has 0 aromatic heterocycles. The van der Waals surface area contributed by atoms with E-state index in [9.17, 15) is 9.59 Å². The summed E-state index contributed by atoms with van der Waals surface area (Å²) in [5, 5.41) is 0. The van der Waals surface area contributed by atoms with Crippen LogP contribution in [-0.4, -0.2) is 24.3 Å². The molecule has 3 nitrogen and oxygen atoms in total. The number of ether oxygens (including phenoxy) is 1. The lowest BCUT2D eigenvalue weighted by atomic mass is 9.99. The van der Waals surface area contributed by atoms with Crippen LogP contribution in [0.3, 0.4) is 0 Å². The molecule has 21 heavy (non-hydrogen) atoms. The molecule has 118 valence electrons. The summed E-state index contributed by atoms with van der Waals surface area (Å²) in [6, 6.07) is 0. The zero-order valence-electron chi connectivity index (χ0n) is 13.6. The average Bonchev–Trinajstić information content (AvgIpc) is 2.46. The predicted molar refractivity (Wildman–Crippen MR) is 85.3 cm³/mol. The SMILES string of the molecule is CC(=O)CCC=C(C)CCC=C(C)C(=O)C1CCCCO1. The highest BCUT2D eigenvalue weighted by atomic mass is 16.5. The summed E-state index contributed by atoms with van der Waals surface area (Å²) in [6.07, 6.45) is 10.2. The van der Waals surface area contributed by atoms with Gasteiger partial charge in [-0.3, -0.25) is 4.79 Å². The number of ketones is 2. The zero-order valence-corrected chi connectivity index (χ0v) is 13.6. The predicted octanol–water partition coefficient (Wildman–Crippen LogP) is 4.17. The maximum Gasteiger partial charge on any atom is 0.186 e. The maximum absolute atomic E-state index is 12.2. The Morgan fingerprint density at radius 2 is 1.76 bits per heavy atom. The molecule has 0 N–H and O–H groups in total. The molecule has 1 atom stereocenters. The van der Waals surface area contributed by atoms with Crippen molar-refractivity contribution < 1.29 is 14.3 Å². The Labute approximate surface area is 128 Å². The quantitative estimate of drug-likeness (QED) is 0.498. The molecule has 1 rings (SSSR count). The summed E-state index contributed by atoms with van der Waals surface area (Å²) in [6.45, 7) is 6.29. The van der Waals surface area contributed by atoms with Crippen molar-refractivity contribution in [2.24, 2.45) is 0 Å². The van der Waals surface area contributed by atoms with Crippen LogP contribution in [0.1, 0.15) is 65.7 Å². The summed E-state index contributed by atoms with van der Waals surface area (Å²) in [4.78, 5) is 23.0. The molecule has 1 aliphatic rings. The number of hydrogen-bond donors (Lipinski definition) is 0. The Balaban J connectivity index is 2.33. The van der Waals surface area contributed by atoms with Crippen LogP contribution in [0.4, 0.5) is 0 Å². The molecule has 1 heterocycles. The van der Waals surface area contributed by atoms with E-state index in [-0.39, 0.29) is 17.7 Å². The highest BCUT2D eigenvalue weighted by Crippen LogP contribution is 2.17. The van der Waals surface area contributed by atoms with E-state index in [4.69, 9.17) is 4.74 Å². The summed E-state index contributed by atoms with van der Waals surface area (Å²) in [5.41, 5.74) is 2.10. The Hall–Kier alpha value is -1.22. The van der Waals surface area contributed by atoms with Crippen LogP contribution in [0.2, 0.25) is 0 Å². The molecule has 0 aromatic rings. The van der Waals surface area contributed by atoms with Gasteiger partial charge in [0.25, 0.3) is 0 Å². The first-order valence-corrected chi connectivity index (χ1v) is 7.98. The molecule has 1 saturated heterocycles. The first kappa shape index (κ1) is 17.8. The molecule has 0 aliphatic carbocycles. The van der Waals surface area contributed by atoms with Crippen molar-refractivity contribution in [2.45, 2.75) is 71.8 Å². The van der Waals surface area contributed by atoms with E-state index in [0.717, 1.165) is 44.1 Å². The van der Waals surface area contributed by atoms with Crippen LogP contribution in [0.25, 0.3) is 0 Å². The van der Waals surface area contributed by atoms with Gasteiger partial charge in [-0.2, -0.15) is 0 Å². The summed E-state index contributed by atoms with van der Waals surface area (Å²) in [5.74, 6) is 0.376. The first-order chi connectivity index (χ1) is 10.0. The molecule has 0 spiro atoms. The van der Waals surface area contributed by atoms with E-state index < -0.39 is 0 Å². The second-order valence-electron chi connectivity index (χ2n) is 5.94. The van der Waals surface area contributed by atoms with E-state index >= 15 is 0 Å². The standard InChI is InChI=1S/C18H28O3/c1-14(9-7-11-16(3)19)8-6-10-15(2)18(20)17-12-4-5-13-21-17/h9-10,17H,4-8,11-13H2,1-3H3. The summed E-state index contributed by atoms with van der Waals surface area (Å²) >= 11 is 0. The molecule has 3 heteroatoms. The van der Waals surface area contributed by atoms with Crippen LogP contribution in [0.15, 0.2) is 23.3 Å². The van der Waals surface area contributed by atoms with Gasteiger partial charge in [0.05, 0.1) is 0 Å². The minimum atomic E-state index is -0.220. The monoisotopic (exact) mass is 292 g/mol. The highest BCUT2D eigenvalue weighted by Gasteiger charge is 2.22. The van der Waals surface area contributed by atoms with Crippen molar-refractivity contribution in [3.8, 4) is 0 Å². The Morgan fingerprint density at radius 3 is 2.38 bits per heavy atom. The van der Waals surface area contributed by atoms with Gasteiger partial charge in [-0.15, -0.1) is 0 Å². The van der Waals surface area contributed by atoms with E-state index in [2.05, 4.69) is 13.0 Å². The molecule has 0 radical (unpaired) electrons. The maximum atomic E-state index is 12.2. The molecule has 1 fully saturated rings. The van der Waals surface area contributed by atoms with Gasteiger partial charge in [-0.05, 0) is 64.9 Å². The number of Topliss-reactive ketones (excluding diaryl/α,β-unsaturated/α-hetero) is 2. The summed E-state index contributed by atoms with van der Waals surface area (Å²) in [7, 11) is 0. The molecule has 1 aliphatic heterocycles. The number of allylic oxidation sites excluding steroid dienone is 3. The second-order valence-corrected chi connectivity index (χ2v) is 5.94. The fraction of sp³-hybridized carbons (Fsp3) is 0.667. The fourth-order valence-corrected chi connectivity index (χ4v) is 2.44. The molecule has 1 unspecified atom stereocenters. The first-order valence-electron chi connectivity index (χ1n) is 7.98. The molecule has 0 amide bonds. The van der Waals surface area contributed by atoms with Crippen LogP contribution in [-0.2, 0) is 14.3 Å². The van der Waals surface area contributed by atoms with Crippen LogP contribution in [0, 0.1) is 0 Å². The lowest BCUT2D eigenvalue weighted by molar-refractivity contribution is -0.129. The van der Waals surface area contributed by atoms with E-state index in [0.29, 0.717) is 13.0 Å². The molecule has 0 saturated carbocycles. The number of rotatable bonds is 8. The summed E-state index contributed by atoms with van der Waals surface area (Å²) < 4.78 is 5.53. The topological polar surface area (TPSA) is 43.4 Å². The fourth-order valence-electron chi connectivity index (χ4n) is 2.44. The van der Waals surface area contributed by atoms with Crippen molar-refractivity contribution in [1.82, 2.24) is 0 Å². The highest BCUT2D eigenvalue weighted by molar-refractivity contribution is 5.98. The van der Waals surface area contributed by atoms with Crippen LogP contribution < -0.4 is 0 Å². The Kier molecular flexibility index (Phi) is 8.21. The lowest BCUT2D eigenvalue weighted by Crippen LogP contribution is -2.28. The van der Waals surface area contributed by atoms with E-state index in [1.807, 2.05) is 13.0 Å². The van der Waals surface area contributed by atoms with E-state index in [1.54, 1.807) is 6.92 Å². The van der Waals surface area contributed by atoms with Crippen LogP contribution in [0.5, 0.6) is 0 Å². The Morgan fingerprint density at radius 1 is 1.05 bits per heavy atom. The molecule has 0 aromatic carbocycles. The smallest absolute Gasteiger partial charge is 0.186 e. The molecule has 0 bridgehead atoms. The van der Waals surface area contributed by atoms with Gasteiger partial charge < -0.3 is 9.53 Å². The van der Waals surface area contributed by atoms with Crippen molar-refractivity contribution in [2.75, 3.05) is 6.61 Å². The van der Waals surface area contributed by atoms with Crippen molar-refractivity contribution in [3.63, 3.8) is 0 Å². The minimum absolute atomic E-state index is 0.146. The minimum Gasteiger partial charge on any atom is -0.370 e. The van der Waals surface area contributed by atoms with Gasteiger partial charge in [0.15, 0.2) is 5.78 Å². The van der Waals surface area contributed by atoms with Crippen molar-refractivity contribution >= 4 is 11.6 Å². The molecular weight excluding hydrogens is 264 g/mol. The third kappa shape index (κ3) is 7.37. The van der Waals surface area contributed by atoms with Gasteiger partial charge in [0, 0.05) is 13.0 Å². The van der Waals surface area contributed by atoms with Gasteiger partial charge >= 0.3 is 0 Å². The third-order valence-corrected chi connectivity index (χ3v) is 3.84. The zero-order chi connectivity index (χ0) is 15.7. The largest absolute Gasteiger partial charge is 0.370 e. The van der Waals surface area contributed by atoms with Crippen molar-refractivity contribution in [1.29, 1.82) is 0 Å². The number of hydrogen-bond acceptors (Lipinski definition) is 3. The second kappa shape index (κ2) is 9.67. The lowest BCUT2D eigenvalue weighted by Gasteiger charge is -2.21. The normalized spacial score (nSPS) is 20.4. The molecular formula is C18H28O3. The van der Waals surface area contributed by atoms with Crippen LogP contribution >= 0.6 is 0 Å². The van der Waals surface area contributed by atoms with E-state index in [1.165, 1.54) is 5.57 Å². The van der Waals surface area contributed by atoms with Gasteiger partial charge in [0.1, 0.15) is 11.9 Å². The average molecular weight is 292 g/mol. The third-order valence-electron chi connectivity index (χ3n) is 3.84. The van der Waals surface area contributed by atoms with Gasteiger partial charge in [-0.1, -0.05) is 17.7 Å². The number of carbonyl (C=O) groups is 2. The van der Waals surface area contributed by atoms with Gasteiger partial charge in [-0.25, -0.2) is 0 Å².